The van der Waals surface area contributed by atoms with E-state index < -0.39 is 28.5 Å². The van der Waals surface area contributed by atoms with Crippen molar-refractivity contribution in [2.75, 3.05) is 27.4 Å². The number of amides is 1. The summed E-state index contributed by atoms with van der Waals surface area (Å²) in [6.07, 6.45) is 0.469. The van der Waals surface area contributed by atoms with Crippen LogP contribution in [0.25, 0.3) is 0 Å². The summed E-state index contributed by atoms with van der Waals surface area (Å²) in [4.78, 5) is 24.0. The molecule has 0 saturated carbocycles. The molecule has 0 unspecified atom stereocenters. The molecule has 0 saturated heterocycles. The predicted molar refractivity (Wildman–Crippen MR) is 104 cm³/mol. The lowest BCUT2D eigenvalue weighted by molar-refractivity contribution is -0.124. The molecule has 0 aliphatic rings. The first-order valence-corrected chi connectivity index (χ1v) is 10.1. The third-order valence-corrected chi connectivity index (χ3v) is 4.88. The SMILES string of the molecule is COc1ccc(C(=O)OCC(=O)NCCc2ccc(S(N)(=O)=O)cc2)c(OC)c1. The summed E-state index contributed by atoms with van der Waals surface area (Å²) in [5, 5.41) is 7.66. The molecular formula is C19H22N2O7S. The molecule has 1 amide bonds. The Bertz CT molecular complexity index is 973. The van der Waals surface area contributed by atoms with E-state index in [0.29, 0.717) is 12.2 Å². The molecule has 3 N–H and O–H groups in total. The van der Waals surface area contributed by atoms with Crippen LogP contribution in [0, 0.1) is 0 Å². The molecule has 2 aromatic rings. The molecule has 0 fully saturated rings. The Balaban J connectivity index is 1.80. The van der Waals surface area contributed by atoms with Gasteiger partial charge in [-0.15, -0.1) is 0 Å². The number of benzene rings is 2. The Morgan fingerprint density at radius 1 is 1.03 bits per heavy atom. The van der Waals surface area contributed by atoms with Gasteiger partial charge in [-0.1, -0.05) is 12.1 Å². The van der Waals surface area contributed by atoms with Gasteiger partial charge in [0.05, 0.1) is 19.1 Å². The number of hydrogen-bond donors (Lipinski definition) is 2. The van der Waals surface area contributed by atoms with E-state index in [-0.39, 0.29) is 22.8 Å². The van der Waals surface area contributed by atoms with Gasteiger partial charge in [-0.05, 0) is 36.2 Å². The number of sulfonamides is 1. The summed E-state index contributed by atoms with van der Waals surface area (Å²) in [5.74, 6) is -0.365. The number of carbonyl (C=O) groups excluding carboxylic acids is 2. The second kappa shape index (κ2) is 9.89. The number of nitrogens with two attached hydrogens (primary N) is 1. The molecular weight excluding hydrogens is 400 g/mol. The van der Waals surface area contributed by atoms with Crippen LogP contribution < -0.4 is 19.9 Å². The second-order valence-corrected chi connectivity index (χ2v) is 7.49. The first-order chi connectivity index (χ1) is 13.7. The van der Waals surface area contributed by atoms with Gasteiger partial charge in [0.2, 0.25) is 10.0 Å². The first kappa shape index (κ1) is 22.2. The van der Waals surface area contributed by atoms with Crippen molar-refractivity contribution in [1.29, 1.82) is 0 Å². The van der Waals surface area contributed by atoms with E-state index in [1.165, 1.54) is 38.5 Å². The summed E-state index contributed by atoms with van der Waals surface area (Å²) < 4.78 is 37.6. The molecule has 0 radical (unpaired) electrons. The van der Waals surface area contributed by atoms with E-state index in [4.69, 9.17) is 19.3 Å². The lowest BCUT2D eigenvalue weighted by Crippen LogP contribution is -2.30. The number of ether oxygens (including phenoxy) is 3. The summed E-state index contributed by atoms with van der Waals surface area (Å²) in [7, 11) is -0.833. The maximum absolute atomic E-state index is 12.2. The average molecular weight is 422 g/mol. The Kier molecular flexibility index (Phi) is 7.57. The van der Waals surface area contributed by atoms with Crippen molar-refractivity contribution >= 4 is 21.9 Å². The molecule has 0 bridgehead atoms. The normalized spacial score (nSPS) is 10.9. The van der Waals surface area contributed by atoms with E-state index in [9.17, 15) is 18.0 Å². The third-order valence-electron chi connectivity index (χ3n) is 3.95. The second-order valence-electron chi connectivity index (χ2n) is 5.93. The van der Waals surface area contributed by atoms with Gasteiger partial charge in [0.1, 0.15) is 17.1 Å². The zero-order chi connectivity index (χ0) is 21.4. The Hall–Kier alpha value is -3.11. The molecule has 9 nitrogen and oxygen atoms in total. The number of primary sulfonamides is 1. The fourth-order valence-corrected chi connectivity index (χ4v) is 2.93. The molecule has 0 aliphatic carbocycles. The molecule has 0 heterocycles. The molecule has 156 valence electrons. The van der Waals surface area contributed by atoms with Gasteiger partial charge >= 0.3 is 5.97 Å². The molecule has 0 atom stereocenters. The van der Waals surface area contributed by atoms with Crippen LogP contribution in [0.3, 0.4) is 0 Å². The zero-order valence-corrected chi connectivity index (χ0v) is 16.8. The minimum Gasteiger partial charge on any atom is -0.497 e. The molecule has 0 spiro atoms. The molecule has 10 heteroatoms. The van der Waals surface area contributed by atoms with Crippen LogP contribution in [-0.2, 0) is 26.0 Å². The van der Waals surface area contributed by atoms with Gasteiger partial charge in [-0.25, -0.2) is 18.4 Å². The fourth-order valence-electron chi connectivity index (χ4n) is 2.42. The minimum atomic E-state index is -3.74. The quantitative estimate of drug-likeness (QED) is 0.573. The molecule has 29 heavy (non-hydrogen) atoms. The van der Waals surface area contributed by atoms with Crippen LogP contribution in [0.2, 0.25) is 0 Å². The summed E-state index contributed by atoms with van der Waals surface area (Å²) >= 11 is 0. The Morgan fingerprint density at radius 2 is 1.72 bits per heavy atom. The highest BCUT2D eigenvalue weighted by molar-refractivity contribution is 7.89. The van der Waals surface area contributed by atoms with Crippen molar-refractivity contribution < 1.29 is 32.2 Å². The van der Waals surface area contributed by atoms with Crippen LogP contribution in [0.15, 0.2) is 47.4 Å². The van der Waals surface area contributed by atoms with Crippen molar-refractivity contribution in [1.82, 2.24) is 5.32 Å². The van der Waals surface area contributed by atoms with Gasteiger partial charge in [0, 0.05) is 12.6 Å². The largest absolute Gasteiger partial charge is 0.497 e. The number of esters is 1. The van der Waals surface area contributed by atoms with E-state index >= 15 is 0 Å². The molecule has 0 aromatic heterocycles. The summed E-state index contributed by atoms with van der Waals surface area (Å²) in [5.41, 5.74) is 0.994. The maximum atomic E-state index is 12.2. The van der Waals surface area contributed by atoms with Crippen LogP contribution in [0.4, 0.5) is 0 Å². The predicted octanol–water partition coefficient (Wildman–Crippen LogP) is 0.867. The third kappa shape index (κ3) is 6.47. The van der Waals surface area contributed by atoms with Crippen molar-refractivity contribution in [2.45, 2.75) is 11.3 Å². The molecule has 0 aliphatic heterocycles. The van der Waals surface area contributed by atoms with Crippen LogP contribution in [-0.4, -0.2) is 47.7 Å². The number of rotatable bonds is 9. The number of carbonyl (C=O) groups is 2. The summed E-state index contributed by atoms with van der Waals surface area (Å²) in [6.45, 7) is -0.157. The lowest BCUT2D eigenvalue weighted by atomic mass is 10.1. The first-order valence-electron chi connectivity index (χ1n) is 8.52. The van der Waals surface area contributed by atoms with Crippen molar-refractivity contribution in [3.63, 3.8) is 0 Å². The average Bonchev–Trinajstić information content (AvgIpc) is 2.71. The number of methoxy groups -OCH3 is 2. The fraction of sp³-hybridized carbons (Fsp3) is 0.263. The van der Waals surface area contributed by atoms with Crippen molar-refractivity contribution in [3.05, 3.63) is 53.6 Å². The monoisotopic (exact) mass is 422 g/mol. The van der Waals surface area contributed by atoms with E-state index in [2.05, 4.69) is 5.32 Å². The Labute approximate surface area is 168 Å². The van der Waals surface area contributed by atoms with E-state index in [1.807, 2.05) is 0 Å². The Morgan fingerprint density at radius 3 is 2.31 bits per heavy atom. The highest BCUT2D eigenvalue weighted by Crippen LogP contribution is 2.25. The smallest absolute Gasteiger partial charge is 0.342 e. The van der Waals surface area contributed by atoms with Gasteiger partial charge in [-0.3, -0.25) is 4.79 Å². The van der Waals surface area contributed by atoms with Gasteiger partial charge in [0.15, 0.2) is 6.61 Å². The molecule has 2 aromatic carbocycles. The number of nitrogens with one attached hydrogen (secondary N) is 1. The summed E-state index contributed by atoms with van der Waals surface area (Å²) in [6, 6.07) is 10.6. The standard InChI is InChI=1S/C19H22N2O7S/c1-26-14-5-8-16(17(11-14)27-2)19(23)28-12-18(22)21-10-9-13-3-6-15(7-4-13)29(20,24)25/h3-8,11H,9-10,12H2,1-2H3,(H,21,22)(H2,20,24,25). The highest BCUT2D eigenvalue weighted by atomic mass is 32.2. The van der Waals surface area contributed by atoms with Crippen molar-refractivity contribution in [2.24, 2.45) is 5.14 Å². The van der Waals surface area contributed by atoms with Crippen molar-refractivity contribution in [3.8, 4) is 11.5 Å². The topological polar surface area (TPSA) is 134 Å². The van der Waals surface area contributed by atoms with Crippen LogP contribution in [0.1, 0.15) is 15.9 Å². The zero-order valence-electron chi connectivity index (χ0n) is 16.0. The van der Waals surface area contributed by atoms with Crippen LogP contribution >= 0.6 is 0 Å². The number of hydrogen-bond acceptors (Lipinski definition) is 7. The van der Waals surface area contributed by atoms with E-state index in [0.717, 1.165) is 5.56 Å². The molecule has 2 rings (SSSR count). The van der Waals surface area contributed by atoms with Gasteiger partial charge in [0.25, 0.3) is 5.91 Å². The van der Waals surface area contributed by atoms with E-state index in [1.54, 1.807) is 18.2 Å². The lowest BCUT2D eigenvalue weighted by Gasteiger charge is -2.10. The minimum absolute atomic E-state index is 0.0196. The van der Waals surface area contributed by atoms with Gasteiger partial charge in [-0.2, -0.15) is 0 Å². The maximum Gasteiger partial charge on any atom is 0.342 e. The highest BCUT2D eigenvalue weighted by Gasteiger charge is 2.16. The van der Waals surface area contributed by atoms with Crippen LogP contribution in [0.5, 0.6) is 11.5 Å². The van der Waals surface area contributed by atoms with Gasteiger partial charge < -0.3 is 19.5 Å².